The van der Waals surface area contributed by atoms with E-state index in [1.54, 1.807) is 19.1 Å². The zero-order valence-electron chi connectivity index (χ0n) is 13.7. The van der Waals surface area contributed by atoms with E-state index < -0.39 is 10.0 Å². The number of rotatable bonds is 6. The zero-order chi connectivity index (χ0) is 17.3. The Hall–Kier alpha value is -2.26. The normalized spacial score (nSPS) is 12.1. The van der Waals surface area contributed by atoms with Crippen LogP contribution in [-0.4, -0.2) is 23.9 Å². The highest BCUT2D eigenvalue weighted by molar-refractivity contribution is 7.89. The Balaban J connectivity index is 1.89. The van der Waals surface area contributed by atoms with Crippen LogP contribution < -0.4 is 4.72 Å². The minimum Gasteiger partial charge on any atom is -0.360 e. The highest BCUT2D eigenvalue weighted by atomic mass is 32.2. The lowest BCUT2D eigenvalue weighted by molar-refractivity contribution is 0.315. The molecule has 0 saturated heterocycles. The van der Waals surface area contributed by atoms with Crippen LogP contribution >= 0.6 is 0 Å². The predicted octanol–water partition coefficient (Wildman–Crippen LogP) is 2.26. The molecule has 1 N–H and O–H groups in total. The van der Waals surface area contributed by atoms with Crippen molar-refractivity contribution in [3.05, 3.63) is 34.7 Å². The van der Waals surface area contributed by atoms with Gasteiger partial charge < -0.3 is 4.52 Å². The van der Waals surface area contributed by atoms with Crippen molar-refractivity contribution in [2.75, 3.05) is 0 Å². The molecule has 0 spiro atoms. The van der Waals surface area contributed by atoms with Crippen LogP contribution in [-0.2, 0) is 23.0 Å². The fourth-order valence-electron chi connectivity index (χ4n) is 2.63. The number of nitrogens with zero attached hydrogens (tertiary/aromatic N) is 3. The molecule has 128 valence electrons. The predicted molar refractivity (Wildman–Crippen MR) is 85.8 cm³/mol. The molecule has 0 atom stereocenters. The van der Waals surface area contributed by atoms with Gasteiger partial charge in [-0.1, -0.05) is 24.6 Å². The van der Waals surface area contributed by atoms with Gasteiger partial charge in [-0.3, -0.25) is 0 Å². The number of aryl methyl sites for hydroxylation is 3. The third kappa shape index (κ3) is 3.04. The van der Waals surface area contributed by atoms with Crippen molar-refractivity contribution in [2.24, 2.45) is 0 Å². The van der Waals surface area contributed by atoms with Gasteiger partial charge >= 0.3 is 0 Å². The van der Waals surface area contributed by atoms with E-state index in [1.165, 1.54) is 0 Å². The van der Waals surface area contributed by atoms with Gasteiger partial charge in [-0.25, -0.2) is 17.8 Å². The number of aromatic nitrogens is 3. The Morgan fingerprint density at radius 3 is 2.58 bits per heavy atom. The van der Waals surface area contributed by atoms with Crippen LogP contribution in [0.4, 0.5) is 0 Å². The van der Waals surface area contributed by atoms with Crippen LogP contribution in [0.3, 0.4) is 0 Å². The molecule has 24 heavy (non-hydrogen) atoms. The smallest absolute Gasteiger partial charge is 0.243 e. The minimum absolute atomic E-state index is 0.0130. The molecule has 2 aromatic heterocycles. The van der Waals surface area contributed by atoms with Crippen molar-refractivity contribution >= 4 is 21.1 Å². The SMILES string of the molecule is CCCc1cc(CNS(=O)(=O)c2c(C)cc(C)c3nonc23)on1. The molecule has 1 aromatic carbocycles. The van der Waals surface area contributed by atoms with Crippen LogP contribution in [0.25, 0.3) is 11.0 Å². The summed E-state index contributed by atoms with van der Waals surface area (Å²) in [6.45, 7) is 5.59. The lowest BCUT2D eigenvalue weighted by Crippen LogP contribution is -2.24. The Labute approximate surface area is 139 Å². The summed E-state index contributed by atoms with van der Waals surface area (Å²) in [7, 11) is -3.81. The van der Waals surface area contributed by atoms with E-state index >= 15 is 0 Å². The molecule has 8 nitrogen and oxygen atoms in total. The highest BCUT2D eigenvalue weighted by Gasteiger charge is 2.24. The Morgan fingerprint density at radius 1 is 1.08 bits per heavy atom. The second-order valence-electron chi connectivity index (χ2n) is 5.66. The van der Waals surface area contributed by atoms with Gasteiger partial charge in [-0.05, 0) is 41.7 Å². The average molecular weight is 350 g/mol. The fourth-order valence-corrected chi connectivity index (χ4v) is 3.98. The molecule has 0 unspecified atom stereocenters. The standard InChI is InChI=1S/C15H18N4O4S/c1-4-5-11-7-12(22-17-11)8-16-24(20,21)15-10(3)6-9(2)13-14(15)19-23-18-13/h6-7,16H,4-5,8H2,1-3H3. The van der Waals surface area contributed by atoms with Crippen LogP contribution in [0, 0.1) is 13.8 Å². The van der Waals surface area contributed by atoms with E-state index in [4.69, 9.17) is 9.15 Å². The van der Waals surface area contributed by atoms with Gasteiger partial charge in [0.2, 0.25) is 10.0 Å². The van der Waals surface area contributed by atoms with Gasteiger partial charge in [0, 0.05) is 6.07 Å². The zero-order valence-corrected chi connectivity index (χ0v) is 14.5. The second-order valence-corrected chi connectivity index (χ2v) is 7.36. The van der Waals surface area contributed by atoms with Gasteiger partial charge in [0.1, 0.15) is 10.4 Å². The summed E-state index contributed by atoms with van der Waals surface area (Å²) in [6, 6.07) is 3.50. The van der Waals surface area contributed by atoms with Gasteiger partial charge in [0.25, 0.3) is 0 Å². The van der Waals surface area contributed by atoms with Crippen LogP contribution in [0.2, 0.25) is 0 Å². The van der Waals surface area contributed by atoms with E-state index in [1.807, 2.05) is 13.8 Å². The maximum atomic E-state index is 12.7. The number of nitrogens with one attached hydrogen (secondary N) is 1. The molecule has 0 aliphatic rings. The van der Waals surface area contributed by atoms with Gasteiger partial charge in [-0.15, -0.1) is 0 Å². The summed E-state index contributed by atoms with van der Waals surface area (Å²) in [5.41, 5.74) is 2.85. The van der Waals surface area contributed by atoms with Crippen LogP contribution in [0.15, 0.2) is 26.2 Å². The van der Waals surface area contributed by atoms with Crippen molar-refractivity contribution in [1.29, 1.82) is 0 Å². The average Bonchev–Trinajstić information content (AvgIpc) is 3.15. The van der Waals surface area contributed by atoms with Gasteiger partial charge in [0.05, 0.1) is 12.2 Å². The first-order valence-corrected chi connectivity index (χ1v) is 9.07. The van der Waals surface area contributed by atoms with E-state index in [2.05, 4.69) is 20.2 Å². The summed E-state index contributed by atoms with van der Waals surface area (Å²) in [6.07, 6.45) is 1.73. The third-order valence-electron chi connectivity index (χ3n) is 3.69. The van der Waals surface area contributed by atoms with Crippen molar-refractivity contribution in [3.63, 3.8) is 0 Å². The lowest BCUT2D eigenvalue weighted by Gasteiger charge is -2.09. The number of hydrogen-bond acceptors (Lipinski definition) is 7. The fraction of sp³-hybridized carbons (Fsp3) is 0.400. The Kier molecular flexibility index (Phi) is 4.37. The van der Waals surface area contributed by atoms with E-state index in [9.17, 15) is 8.42 Å². The Bertz CT molecular complexity index is 975. The first-order valence-electron chi connectivity index (χ1n) is 7.59. The number of hydrogen-bond donors (Lipinski definition) is 1. The number of sulfonamides is 1. The largest absolute Gasteiger partial charge is 0.360 e. The first-order chi connectivity index (χ1) is 11.4. The summed E-state index contributed by atoms with van der Waals surface area (Å²) in [5.74, 6) is 0.460. The monoisotopic (exact) mass is 350 g/mol. The lowest BCUT2D eigenvalue weighted by atomic mass is 10.1. The van der Waals surface area contributed by atoms with Crippen LogP contribution in [0.5, 0.6) is 0 Å². The van der Waals surface area contributed by atoms with Crippen LogP contribution in [0.1, 0.15) is 35.9 Å². The number of benzene rings is 1. The molecule has 2 heterocycles. The molecule has 0 amide bonds. The molecule has 0 aliphatic heterocycles. The van der Waals surface area contributed by atoms with E-state index in [0.29, 0.717) is 16.8 Å². The highest BCUT2D eigenvalue weighted by Crippen LogP contribution is 2.27. The third-order valence-corrected chi connectivity index (χ3v) is 5.26. The molecular formula is C15H18N4O4S. The molecule has 9 heteroatoms. The molecule has 3 rings (SSSR count). The molecule has 0 radical (unpaired) electrons. The molecule has 0 bridgehead atoms. The van der Waals surface area contributed by atoms with Crippen molar-refractivity contribution in [3.8, 4) is 0 Å². The van der Waals surface area contributed by atoms with E-state index in [-0.39, 0.29) is 17.0 Å². The molecular weight excluding hydrogens is 332 g/mol. The molecule has 0 aliphatic carbocycles. The summed E-state index contributed by atoms with van der Waals surface area (Å²) < 4.78 is 37.8. The second kappa shape index (κ2) is 6.33. The van der Waals surface area contributed by atoms with E-state index in [0.717, 1.165) is 24.1 Å². The summed E-state index contributed by atoms with van der Waals surface area (Å²) in [5, 5.41) is 11.4. The summed E-state index contributed by atoms with van der Waals surface area (Å²) in [4.78, 5) is 0.0673. The Morgan fingerprint density at radius 2 is 1.83 bits per heavy atom. The van der Waals surface area contributed by atoms with Gasteiger partial charge in [0.15, 0.2) is 11.3 Å². The maximum absolute atomic E-state index is 12.7. The van der Waals surface area contributed by atoms with Crippen molar-refractivity contribution < 1.29 is 17.6 Å². The molecule has 3 aromatic rings. The number of fused-ring (bicyclic) bond motifs is 1. The van der Waals surface area contributed by atoms with Gasteiger partial charge in [-0.2, -0.15) is 0 Å². The minimum atomic E-state index is -3.81. The molecule has 0 fully saturated rings. The molecule has 0 saturated carbocycles. The summed E-state index contributed by atoms with van der Waals surface area (Å²) >= 11 is 0. The quantitative estimate of drug-likeness (QED) is 0.725. The maximum Gasteiger partial charge on any atom is 0.243 e. The van der Waals surface area contributed by atoms with Crippen molar-refractivity contribution in [2.45, 2.75) is 45.1 Å². The topological polar surface area (TPSA) is 111 Å². The first kappa shape index (κ1) is 16.6. The van der Waals surface area contributed by atoms with Crippen molar-refractivity contribution in [1.82, 2.24) is 20.2 Å².